The summed E-state index contributed by atoms with van der Waals surface area (Å²) in [5.41, 5.74) is 1.12. The lowest BCUT2D eigenvalue weighted by Crippen LogP contribution is -2.24. The van der Waals surface area contributed by atoms with Gasteiger partial charge in [0.15, 0.2) is 0 Å². The summed E-state index contributed by atoms with van der Waals surface area (Å²) in [5.74, 6) is 0.804. The summed E-state index contributed by atoms with van der Waals surface area (Å²) in [6, 6.07) is 6.03. The number of rotatable bonds is 4. The lowest BCUT2D eigenvalue weighted by molar-refractivity contribution is 0.510. The zero-order valence-corrected chi connectivity index (χ0v) is 8.37. The third-order valence-corrected chi connectivity index (χ3v) is 2.63. The second-order valence-electron chi connectivity index (χ2n) is 3.81. The van der Waals surface area contributed by atoms with Crippen LogP contribution in [-0.2, 0) is 6.54 Å². The van der Waals surface area contributed by atoms with E-state index in [9.17, 15) is 0 Å². The second-order valence-corrected chi connectivity index (χ2v) is 3.81. The molecule has 1 aromatic heterocycles. The van der Waals surface area contributed by atoms with Crippen molar-refractivity contribution in [2.45, 2.75) is 13.0 Å². The summed E-state index contributed by atoms with van der Waals surface area (Å²) >= 11 is 0. The third-order valence-electron chi connectivity index (χ3n) is 2.63. The van der Waals surface area contributed by atoms with E-state index < -0.39 is 0 Å². The van der Waals surface area contributed by atoms with Crippen molar-refractivity contribution in [3.05, 3.63) is 30.1 Å². The smallest absolute Gasteiger partial charge is 0.0541 e. The molecule has 0 radical (unpaired) electrons. The predicted octanol–water partition coefficient (Wildman–Crippen LogP) is 0.781. The van der Waals surface area contributed by atoms with Crippen LogP contribution in [0.4, 0.5) is 0 Å². The Hall–Kier alpha value is -0.930. The van der Waals surface area contributed by atoms with Crippen LogP contribution in [0.25, 0.3) is 0 Å². The van der Waals surface area contributed by atoms with Crippen molar-refractivity contribution in [1.29, 1.82) is 0 Å². The summed E-state index contributed by atoms with van der Waals surface area (Å²) in [6.45, 7) is 4.33. The van der Waals surface area contributed by atoms with Crippen molar-refractivity contribution in [3.63, 3.8) is 0 Å². The lowest BCUT2D eigenvalue weighted by atomic mass is 10.1. The van der Waals surface area contributed by atoms with E-state index in [-0.39, 0.29) is 0 Å². The van der Waals surface area contributed by atoms with Crippen molar-refractivity contribution >= 4 is 0 Å². The summed E-state index contributed by atoms with van der Waals surface area (Å²) in [4.78, 5) is 4.26. The van der Waals surface area contributed by atoms with E-state index in [4.69, 9.17) is 0 Å². The fourth-order valence-corrected chi connectivity index (χ4v) is 1.80. The molecule has 0 saturated carbocycles. The van der Waals surface area contributed by atoms with Gasteiger partial charge in [0, 0.05) is 12.7 Å². The fraction of sp³-hybridized carbons (Fsp3) is 0.545. The Morgan fingerprint density at radius 1 is 1.50 bits per heavy atom. The Morgan fingerprint density at radius 2 is 2.50 bits per heavy atom. The molecule has 0 spiro atoms. The monoisotopic (exact) mass is 191 g/mol. The summed E-state index contributed by atoms with van der Waals surface area (Å²) in [7, 11) is 0. The van der Waals surface area contributed by atoms with Gasteiger partial charge in [-0.05, 0) is 44.1 Å². The Labute approximate surface area is 84.9 Å². The van der Waals surface area contributed by atoms with E-state index in [1.165, 1.54) is 13.0 Å². The van der Waals surface area contributed by atoms with Crippen LogP contribution in [0.2, 0.25) is 0 Å². The van der Waals surface area contributed by atoms with Crippen LogP contribution in [0.3, 0.4) is 0 Å². The van der Waals surface area contributed by atoms with Crippen LogP contribution in [0.5, 0.6) is 0 Å². The van der Waals surface area contributed by atoms with E-state index in [0.29, 0.717) is 0 Å². The van der Waals surface area contributed by atoms with Crippen LogP contribution < -0.4 is 10.6 Å². The summed E-state index contributed by atoms with van der Waals surface area (Å²) < 4.78 is 0. The first kappa shape index (κ1) is 9.62. The molecule has 14 heavy (non-hydrogen) atoms. The fourth-order valence-electron chi connectivity index (χ4n) is 1.80. The zero-order valence-electron chi connectivity index (χ0n) is 8.37. The van der Waals surface area contributed by atoms with Crippen LogP contribution in [0, 0.1) is 5.92 Å². The van der Waals surface area contributed by atoms with Crippen molar-refractivity contribution < 1.29 is 0 Å². The largest absolute Gasteiger partial charge is 0.316 e. The Morgan fingerprint density at radius 3 is 3.21 bits per heavy atom. The van der Waals surface area contributed by atoms with Crippen LogP contribution >= 0.6 is 0 Å². The quantitative estimate of drug-likeness (QED) is 0.738. The minimum absolute atomic E-state index is 0.804. The number of nitrogens with zero attached hydrogens (tertiary/aromatic N) is 1. The number of aromatic nitrogens is 1. The van der Waals surface area contributed by atoms with Crippen molar-refractivity contribution in [2.24, 2.45) is 5.92 Å². The minimum Gasteiger partial charge on any atom is -0.316 e. The molecule has 1 fully saturated rings. The maximum atomic E-state index is 4.26. The number of nitrogens with one attached hydrogen (secondary N) is 2. The van der Waals surface area contributed by atoms with Gasteiger partial charge in [-0.3, -0.25) is 4.98 Å². The molecule has 0 unspecified atom stereocenters. The maximum Gasteiger partial charge on any atom is 0.0541 e. The Kier molecular flexibility index (Phi) is 3.49. The van der Waals surface area contributed by atoms with Gasteiger partial charge >= 0.3 is 0 Å². The van der Waals surface area contributed by atoms with Crippen LogP contribution in [0.15, 0.2) is 24.4 Å². The van der Waals surface area contributed by atoms with Gasteiger partial charge in [0.25, 0.3) is 0 Å². The molecule has 0 bridgehead atoms. The highest BCUT2D eigenvalue weighted by Gasteiger charge is 2.13. The molecule has 0 aromatic carbocycles. The Balaban J connectivity index is 1.67. The van der Waals surface area contributed by atoms with E-state index in [1.807, 2.05) is 18.3 Å². The highest BCUT2D eigenvalue weighted by atomic mass is 14.9. The molecule has 76 valence electrons. The predicted molar refractivity (Wildman–Crippen MR) is 56.9 cm³/mol. The van der Waals surface area contributed by atoms with Gasteiger partial charge in [-0.15, -0.1) is 0 Å². The van der Waals surface area contributed by atoms with Gasteiger partial charge < -0.3 is 10.6 Å². The van der Waals surface area contributed by atoms with Crippen molar-refractivity contribution in [2.75, 3.05) is 19.6 Å². The van der Waals surface area contributed by atoms with Gasteiger partial charge in [-0.25, -0.2) is 0 Å². The van der Waals surface area contributed by atoms with Gasteiger partial charge in [0.1, 0.15) is 0 Å². The SMILES string of the molecule is c1ccc(CNC[C@@H]2CCNC2)nc1. The number of pyridine rings is 1. The lowest BCUT2D eigenvalue weighted by Gasteiger charge is -2.09. The molecule has 1 aromatic rings. The standard InChI is InChI=1S/C11H17N3/c1-2-5-14-11(3-1)9-13-8-10-4-6-12-7-10/h1-3,5,10,12-13H,4,6-9H2/t10-/m1/s1. The highest BCUT2D eigenvalue weighted by Crippen LogP contribution is 2.05. The minimum atomic E-state index is 0.804. The van der Waals surface area contributed by atoms with Crippen molar-refractivity contribution in [1.82, 2.24) is 15.6 Å². The van der Waals surface area contributed by atoms with E-state index in [1.54, 1.807) is 0 Å². The topological polar surface area (TPSA) is 37.0 Å². The molecule has 0 aliphatic carbocycles. The van der Waals surface area contributed by atoms with Gasteiger partial charge in [0.2, 0.25) is 0 Å². The van der Waals surface area contributed by atoms with Gasteiger partial charge in [-0.2, -0.15) is 0 Å². The van der Waals surface area contributed by atoms with E-state index >= 15 is 0 Å². The molecule has 1 atom stereocenters. The first-order valence-electron chi connectivity index (χ1n) is 5.26. The summed E-state index contributed by atoms with van der Waals surface area (Å²) in [5, 5.41) is 6.81. The summed E-state index contributed by atoms with van der Waals surface area (Å²) in [6.07, 6.45) is 3.14. The molecule has 2 rings (SSSR count). The highest BCUT2D eigenvalue weighted by molar-refractivity contribution is 5.02. The van der Waals surface area contributed by atoms with E-state index in [2.05, 4.69) is 21.7 Å². The average Bonchev–Trinajstić information content (AvgIpc) is 2.72. The van der Waals surface area contributed by atoms with E-state index in [0.717, 1.165) is 31.2 Å². The number of hydrogen-bond donors (Lipinski definition) is 2. The normalized spacial score (nSPS) is 21.3. The molecule has 2 heterocycles. The molecule has 0 amide bonds. The first-order valence-corrected chi connectivity index (χ1v) is 5.26. The molecule has 3 nitrogen and oxygen atoms in total. The maximum absolute atomic E-state index is 4.26. The molecule has 1 aliphatic rings. The zero-order chi connectivity index (χ0) is 9.64. The van der Waals surface area contributed by atoms with Gasteiger partial charge in [0.05, 0.1) is 5.69 Å². The third kappa shape index (κ3) is 2.79. The molecule has 2 N–H and O–H groups in total. The average molecular weight is 191 g/mol. The molecule has 1 saturated heterocycles. The van der Waals surface area contributed by atoms with Crippen LogP contribution in [-0.4, -0.2) is 24.6 Å². The number of hydrogen-bond acceptors (Lipinski definition) is 3. The van der Waals surface area contributed by atoms with Crippen molar-refractivity contribution in [3.8, 4) is 0 Å². The Bertz CT molecular complexity index is 254. The first-order chi connectivity index (χ1) is 6.95. The van der Waals surface area contributed by atoms with Crippen LogP contribution in [0.1, 0.15) is 12.1 Å². The van der Waals surface area contributed by atoms with Gasteiger partial charge in [-0.1, -0.05) is 6.07 Å². The molecule has 3 heteroatoms. The molecule has 1 aliphatic heterocycles. The molecular weight excluding hydrogens is 174 g/mol. The molecular formula is C11H17N3. The second kappa shape index (κ2) is 5.08.